The van der Waals surface area contributed by atoms with Gasteiger partial charge in [0.05, 0.1) is 6.54 Å². The summed E-state index contributed by atoms with van der Waals surface area (Å²) in [7, 11) is 0. The summed E-state index contributed by atoms with van der Waals surface area (Å²) >= 11 is 0. The summed E-state index contributed by atoms with van der Waals surface area (Å²) in [6.07, 6.45) is 2.34. The van der Waals surface area contributed by atoms with Gasteiger partial charge in [0.15, 0.2) is 5.96 Å². The second kappa shape index (κ2) is 14.3. The zero-order chi connectivity index (χ0) is 21.2. The first-order valence-electron chi connectivity index (χ1n) is 12.0. The summed E-state index contributed by atoms with van der Waals surface area (Å²) < 4.78 is 0. The van der Waals surface area contributed by atoms with Crippen LogP contribution < -0.4 is 10.6 Å². The molecule has 0 radical (unpaired) electrons. The lowest BCUT2D eigenvalue weighted by atomic mass is 10.0. The summed E-state index contributed by atoms with van der Waals surface area (Å²) in [6, 6.07) is 11.8. The van der Waals surface area contributed by atoms with E-state index < -0.39 is 0 Å². The van der Waals surface area contributed by atoms with Gasteiger partial charge in [0.2, 0.25) is 0 Å². The number of piperazine rings is 1. The fraction of sp³-hybridized carbons (Fsp3) is 0.708. The van der Waals surface area contributed by atoms with E-state index in [4.69, 9.17) is 4.99 Å². The van der Waals surface area contributed by atoms with E-state index in [0.717, 1.165) is 51.8 Å². The number of rotatable bonds is 8. The molecule has 0 aliphatic carbocycles. The van der Waals surface area contributed by atoms with E-state index in [2.05, 4.69) is 76.4 Å². The monoisotopic (exact) mass is 542 g/mol. The number of guanidine groups is 1. The van der Waals surface area contributed by atoms with E-state index in [0.29, 0.717) is 12.1 Å². The predicted octanol–water partition coefficient (Wildman–Crippen LogP) is 2.85. The van der Waals surface area contributed by atoms with Crippen molar-refractivity contribution in [2.75, 3.05) is 58.9 Å². The van der Waals surface area contributed by atoms with Crippen molar-refractivity contribution in [1.82, 2.24) is 25.3 Å². The molecule has 176 valence electrons. The fourth-order valence-electron chi connectivity index (χ4n) is 4.45. The van der Waals surface area contributed by atoms with E-state index >= 15 is 0 Å². The quantitative estimate of drug-likeness (QED) is 0.301. The standard InChI is InChI=1S/C24H42N6.HI/c1-4-25-24(26-19-21(3)30-17-15-28(5-2)16-18-30)27-23-11-13-29(14-12-23)20-22-9-7-6-8-10-22;/h6-10,21,23H,4-5,11-20H2,1-3H3,(H2,25,26,27);1H. The molecule has 2 fully saturated rings. The lowest BCUT2D eigenvalue weighted by molar-refractivity contribution is 0.109. The summed E-state index contributed by atoms with van der Waals surface area (Å²) in [5, 5.41) is 7.16. The normalized spacial score (nSPS) is 20.8. The Morgan fingerprint density at radius 2 is 1.68 bits per heavy atom. The minimum absolute atomic E-state index is 0. The molecule has 6 nitrogen and oxygen atoms in total. The number of nitrogens with one attached hydrogen (secondary N) is 2. The lowest BCUT2D eigenvalue weighted by Gasteiger charge is -2.37. The predicted molar refractivity (Wildman–Crippen MR) is 142 cm³/mol. The van der Waals surface area contributed by atoms with Crippen LogP contribution >= 0.6 is 24.0 Å². The van der Waals surface area contributed by atoms with Crippen LogP contribution in [0.1, 0.15) is 39.2 Å². The zero-order valence-electron chi connectivity index (χ0n) is 19.7. The van der Waals surface area contributed by atoms with Gasteiger partial charge in [-0.25, -0.2) is 0 Å². The number of hydrogen-bond acceptors (Lipinski definition) is 4. The second-order valence-corrected chi connectivity index (χ2v) is 8.72. The molecule has 0 spiro atoms. The number of aliphatic imine (C=N–C) groups is 1. The van der Waals surface area contributed by atoms with Gasteiger partial charge in [-0.15, -0.1) is 24.0 Å². The first-order valence-corrected chi connectivity index (χ1v) is 12.0. The van der Waals surface area contributed by atoms with Crippen LogP contribution in [0.3, 0.4) is 0 Å². The third-order valence-electron chi connectivity index (χ3n) is 6.51. The molecule has 0 aromatic heterocycles. The van der Waals surface area contributed by atoms with E-state index in [-0.39, 0.29) is 24.0 Å². The molecule has 1 aromatic rings. The Hall–Kier alpha value is -0.900. The topological polar surface area (TPSA) is 46.1 Å². The highest BCUT2D eigenvalue weighted by atomic mass is 127. The largest absolute Gasteiger partial charge is 0.357 e. The number of benzene rings is 1. The molecule has 3 rings (SSSR count). The van der Waals surface area contributed by atoms with Gasteiger partial charge in [-0.3, -0.25) is 14.8 Å². The maximum Gasteiger partial charge on any atom is 0.191 e. The van der Waals surface area contributed by atoms with Crippen molar-refractivity contribution in [3.63, 3.8) is 0 Å². The minimum atomic E-state index is 0. The van der Waals surface area contributed by atoms with Crippen LogP contribution in [0.15, 0.2) is 35.3 Å². The number of piperidine rings is 1. The van der Waals surface area contributed by atoms with E-state index in [1.165, 1.54) is 38.0 Å². The van der Waals surface area contributed by atoms with Crippen molar-refractivity contribution in [2.45, 2.75) is 52.2 Å². The summed E-state index contributed by atoms with van der Waals surface area (Å²) in [5.41, 5.74) is 1.41. The van der Waals surface area contributed by atoms with Gasteiger partial charge in [0.1, 0.15) is 0 Å². The zero-order valence-corrected chi connectivity index (χ0v) is 22.1. The van der Waals surface area contributed by atoms with Gasteiger partial charge in [0.25, 0.3) is 0 Å². The Balaban J connectivity index is 0.00000341. The number of hydrogen-bond donors (Lipinski definition) is 2. The van der Waals surface area contributed by atoms with Crippen molar-refractivity contribution in [3.8, 4) is 0 Å². The molecular formula is C24H43IN6. The molecular weight excluding hydrogens is 499 g/mol. The van der Waals surface area contributed by atoms with Gasteiger partial charge in [0, 0.05) is 64.4 Å². The summed E-state index contributed by atoms with van der Waals surface area (Å²) in [6.45, 7) is 17.7. The SMILES string of the molecule is CCNC(=NCC(C)N1CCN(CC)CC1)NC1CCN(Cc2ccccc2)CC1.I. The Kier molecular flexibility index (Phi) is 12.1. The first-order chi connectivity index (χ1) is 14.7. The molecule has 2 N–H and O–H groups in total. The summed E-state index contributed by atoms with van der Waals surface area (Å²) in [5.74, 6) is 0.984. The Bertz CT molecular complexity index is 624. The van der Waals surface area contributed by atoms with Crippen LogP contribution in [0.2, 0.25) is 0 Å². The highest BCUT2D eigenvalue weighted by Crippen LogP contribution is 2.14. The van der Waals surface area contributed by atoms with Crippen molar-refractivity contribution < 1.29 is 0 Å². The number of halogens is 1. The number of likely N-dealkylation sites (tertiary alicyclic amines) is 1. The minimum Gasteiger partial charge on any atom is -0.357 e. The molecule has 0 saturated carbocycles. The molecule has 0 amide bonds. The smallest absolute Gasteiger partial charge is 0.191 e. The lowest BCUT2D eigenvalue weighted by Crippen LogP contribution is -2.51. The van der Waals surface area contributed by atoms with Crippen molar-refractivity contribution in [2.24, 2.45) is 4.99 Å². The first kappa shape index (κ1) is 26.4. The van der Waals surface area contributed by atoms with Crippen molar-refractivity contribution in [1.29, 1.82) is 0 Å². The van der Waals surface area contributed by atoms with Gasteiger partial charge >= 0.3 is 0 Å². The number of nitrogens with zero attached hydrogens (tertiary/aromatic N) is 4. The molecule has 2 aliphatic heterocycles. The van der Waals surface area contributed by atoms with Crippen LogP contribution in [-0.2, 0) is 6.54 Å². The van der Waals surface area contributed by atoms with Crippen LogP contribution in [0.4, 0.5) is 0 Å². The average Bonchev–Trinajstić information content (AvgIpc) is 2.79. The van der Waals surface area contributed by atoms with Gasteiger partial charge in [-0.1, -0.05) is 37.3 Å². The fourth-order valence-corrected chi connectivity index (χ4v) is 4.45. The Morgan fingerprint density at radius 3 is 2.29 bits per heavy atom. The maximum absolute atomic E-state index is 4.93. The Labute approximate surface area is 206 Å². The molecule has 2 heterocycles. The molecule has 2 aliphatic rings. The number of likely N-dealkylation sites (N-methyl/N-ethyl adjacent to an activating group) is 1. The van der Waals surface area contributed by atoms with Gasteiger partial charge in [-0.05, 0) is 38.8 Å². The highest BCUT2D eigenvalue weighted by Gasteiger charge is 2.22. The molecule has 2 saturated heterocycles. The maximum atomic E-state index is 4.93. The van der Waals surface area contributed by atoms with Gasteiger partial charge in [-0.2, -0.15) is 0 Å². The molecule has 7 heteroatoms. The third kappa shape index (κ3) is 8.86. The van der Waals surface area contributed by atoms with Crippen LogP contribution in [0, 0.1) is 0 Å². The Morgan fingerprint density at radius 1 is 1.00 bits per heavy atom. The van der Waals surface area contributed by atoms with Crippen LogP contribution in [0.25, 0.3) is 0 Å². The molecule has 1 aromatic carbocycles. The van der Waals surface area contributed by atoms with Crippen LogP contribution in [0.5, 0.6) is 0 Å². The molecule has 1 unspecified atom stereocenters. The summed E-state index contributed by atoms with van der Waals surface area (Å²) in [4.78, 5) is 12.6. The highest BCUT2D eigenvalue weighted by molar-refractivity contribution is 14.0. The van der Waals surface area contributed by atoms with Crippen molar-refractivity contribution in [3.05, 3.63) is 35.9 Å². The van der Waals surface area contributed by atoms with E-state index in [1.807, 2.05) is 0 Å². The molecule has 31 heavy (non-hydrogen) atoms. The van der Waals surface area contributed by atoms with E-state index in [9.17, 15) is 0 Å². The van der Waals surface area contributed by atoms with E-state index in [1.54, 1.807) is 0 Å². The second-order valence-electron chi connectivity index (χ2n) is 8.72. The van der Waals surface area contributed by atoms with Crippen LogP contribution in [-0.4, -0.2) is 91.6 Å². The third-order valence-corrected chi connectivity index (χ3v) is 6.51. The molecule has 0 bridgehead atoms. The van der Waals surface area contributed by atoms with Gasteiger partial charge < -0.3 is 15.5 Å². The molecule has 1 atom stereocenters. The average molecular weight is 543 g/mol. The van der Waals surface area contributed by atoms with Crippen molar-refractivity contribution >= 4 is 29.9 Å².